The van der Waals surface area contributed by atoms with Gasteiger partial charge in [-0.1, -0.05) is 13.3 Å². The molecule has 1 atom stereocenters. The zero-order valence-corrected chi connectivity index (χ0v) is 8.36. The van der Waals surface area contributed by atoms with Crippen LogP contribution in [0.3, 0.4) is 0 Å². The summed E-state index contributed by atoms with van der Waals surface area (Å²) < 4.78 is 9.91. The number of ether oxygens (including phenoxy) is 1. The second-order valence-electron chi connectivity index (χ2n) is 3.11. The van der Waals surface area contributed by atoms with E-state index in [-0.39, 0.29) is 12.5 Å². The second kappa shape index (κ2) is 4.50. The van der Waals surface area contributed by atoms with Crippen LogP contribution < -0.4 is 5.73 Å². The van der Waals surface area contributed by atoms with Gasteiger partial charge in [0.1, 0.15) is 6.61 Å². The molecule has 0 saturated carbocycles. The van der Waals surface area contributed by atoms with Crippen LogP contribution in [0, 0.1) is 0 Å². The van der Waals surface area contributed by atoms with Gasteiger partial charge >= 0.3 is 0 Å². The maximum Gasteiger partial charge on any atom is 0.263 e. The van der Waals surface area contributed by atoms with Gasteiger partial charge in [0.05, 0.1) is 0 Å². The van der Waals surface area contributed by atoms with Crippen molar-refractivity contribution in [2.24, 2.45) is 5.73 Å². The number of hydrogen-bond donors (Lipinski definition) is 2. The van der Waals surface area contributed by atoms with Gasteiger partial charge in [-0.15, -0.1) is 10.2 Å². The minimum atomic E-state index is -1.53. The molecule has 1 heterocycles. The highest BCUT2D eigenvalue weighted by Crippen LogP contribution is 2.19. The number of methoxy groups -OCH3 is 1. The first-order chi connectivity index (χ1) is 6.60. The third-order valence-corrected chi connectivity index (χ3v) is 1.74. The topological polar surface area (TPSA) is 94.4 Å². The number of nitrogens with two attached hydrogens (primary N) is 1. The molecule has 0 amide bonds. The monoisotopic (exact) mass is 201 g/mol. The van der Waals surface area contributed by atoms with E-state index in [1.807, 2.05) is 6.92 Å². The quantitative estimate of drug-likeness (QED) is 0.657. The fourth-order valence-corrected chi connectivity index (χ4v) is 1.10. The Morgan fingerprint density at radius 2 is 2.29 bits per heavy atom. The summed E-state index contributed by atoms with van der Waals surface area (Å²) in [6.07, 6.45) is 1.11. The number of nitrogens with zero attached hydrogens (tertiary/aromatic N) is 2. The molecule has 0 radical (unpaired) electrons. The molecule has 1 aromatic heterocycles. The molecule has 0 bridgehead atoms. The average molecular weight is 201 g/mol. The molecule has 80 valence electrons. The molecule has 6 heteroatoms. The Balaban J connectivity index is 2.74. The molecular formula is C8H15N3O3. The Kier molecular flexibility index (Phi) is 3.56. The van der Waals surface area contributed by atoms with Crippen LogP contribution in [0.25, 0.3) is 0 Å². The highest BCUT2D eigenvalue weighted by molar-refractivity contribution is 4.92. The van der Waals surface area contributed by atoms with E-state index < -0.39 is 5.72 Å². The number of rotatable bonds is 5. The van der Waals surface area contributed by atoms with Crippen LogP contribution in [0.4, 0.5) is 0 Å². The first-order valence-electron chi connectivity index (χ1n) is 4.43. The van der Waals surface area contributed by atoms with Crippen LogP contribution in [0.15, 0.2) is 4.42 Å². The average Bonchev–Trinajstić information content (AvgIpc) is 2.54. The summed E-state index contributed by atoms with van der Waals surface area (Å²) in [6.45, 7) is 2.12. The maximum atomic E-state index is 9.71. The molecule has 1 rings (SSSR count). The second-order valence-corrected chi connectivity index (χ2v) is 3.11. The van der Waals surface area contributed by atoms with Crippen molar-refractivity contribution in [3.8, 4) is 0 Å². The van der Waals surface area contributed by atoms with Gasteiger partial charge in [0, 0.05) is 7.11 Å². The fraction of sp³-hybridized carbons (Fsp3) is 0.750. The lowest BCUT2D eigenvalue weighted by Crippen LogP contribution is -2.36. The van der Waals surface area contributed by atoms with E-state index >= 15 is 0 Å². The van der Waals surface area contributed by atoms with Crippen molar-refractivity contribution in [1.29, 1.82) is 0 Å². The van der Waals surface area contributed by atoms with Crippen LogP contribution in [0.1, 0.15) is 31.5 Å². The van der Waals surface area contributed by atoms with Crippen molar-refractivity contribution >= 4 is 0 Å². The number of aromatic nitrogens is 2. The molecular weight excluding hydrogens is 186 g/mol. The molecule has 1 aromatic rings. The van der Waals surface area contributed by atoms with Crippen LogP contribution in [-0.2, 0) is 17.1 Å². The number of hydrogen-bond acceptors (Lipinski definition) is 6. The first kappa shape index (κ1) is 11.1. The minimum Gasteiger partial charge on any atom is -0.418 e. The fourth-order valence-electron chi connectivity index (χ4n) is 1.10. The Hall–Kier alpha value is -0.980. The van der Waals surface area contributed by atoms with Crippen molar-refractivity contribution in [3.63, 3.8) is 0 Å². The van der Waals surface area contributed by atoms with Gasteiger partial charge in [0.2, 0.25) is 5.89 Å². The molecule has 0 unspecified atom stereocenters. The Labute approximate surface area is 82.1 Å². The van der Waals surface area contributed by atoms with Crippen molar-refractivity contribution in [2.75, 3.05) is 7.11 Å². The zero-order chi connectivity index (χ0) is 10.6. The Morgan fingerprint density at radius 3 is 2.86 bits per heavy atom. The van der Waals surface area contributed by atoms with Crippen LogP contribution in [0.5, 0.6) is 0 Å². The van der Waals surface area contributed by atoms with E-state index in [1.165, 1.54) is 7.11 Å². The summed E-state index contributed by atoms with van der Waals surface area (Å²) in [5.41, 5.74) is 4.04. The van der Waals surface area contributed by atoms with E-state index in [0.29, 0.717) is 12.3 Å². The van der Waals surface area contributed by atoms with Crippen molar-refractivity contribution < 1.29 is 14.3 Å². The van der Waals surface area contributed by atoms with Crippen molar-refractivity contribution in [3.05, 3.63) is 11.8 Å². The summed E-state index contributed by atoms with van der Waals surface area (Å²) >= 11 is 0. The lowest BCUT2D eigenvalue weighted by Gasteiger charge is -2.16. The zero-order valence-electron chi connectivity index (χ0n) is 8.36. The molecule has 3 N–H and O–H groups in total. The molecule has 0 aromatic carbocycles. The number of aliphatic hydroxyl groups is 1. The predicted octanol–water partition coefficient (Wildman–Crippen LogP) is 0.120. The van der Waals surface area contributed by atoms with Crippen molar-refractivity contribution in [1.82, 2.24) is 10.2 Å². The van der Waals surface area contributed by atoms with Gasteiger partial charge in [0.25, 0.3) is 5.89 Å². The SMILES string of the molecule is CCC[C@](N)(O)c1nnc(COC)o1. The van der Waals surface area contributed by atoms with Crippen molar-refractivity contribution in [2.45, 2.75) is 32.1 Å². The first-order valence-corrected chi connectivity index (χ1v) is 4.43. The summed E-state index contributed by atoms with van der Waals surface area (Å²) in [5, 5.41) is 17.0. The Morgan fingerprint density at radius 1 is 1.57 bits per heavy atom. The third kappa shape index (κ3) is 2.50. The Bertz CT molecular complexity index is 285. The summed E-state index contributed by atoms with van der Waals surface area (Å²) in [4.78, 5) is 0. The molecule has 0 spiro atoms. The van der Waals surface area contributed by atoms with E-state index in [9.17, 15) is 5.11 Å². The van der Waals surface area contributed by atoms with E-state index in [0.717, 1.165) is 6.42 Å². The largest absolute Gasteiger partial charge is 0.418 e. The van der Waals surface area contributed by atoms with Gasteiger partial charge < -0.3 is 14.3 Å². The van der Waals surface area contributed by atoms with Gasteiger partial charge in [0.15, 0.2) is 5.72 Å². The highest BCUT2D eigenvalue weighted by Gasteiger charge is 2.29. The highest BCUT2D eigenvalue weighted by atomic mass is 16.5. The third-order valence-electron chi connectivity index (χ3n) is 1.74. The lowest BCUT2D eigenvalue weighted by atomic mass is 10.1. The predicted molar refractivity (Wildman–Crippen MR) is 48.0 cm³/mol. The maximum absolute atomic E-state index is 9.71. The molecule has 6 nitrogen and oxygen atoms in total. The van der Waals surface area contributed by atoms with E-state index in [1.54, 1.807) is 0 Å². The molecule has 0 aliphatic heterocycles. The normalized spacial score (nSPS) is 15.4. The van der Waals surface area contributed by atoms with Gasteiger partial charge in [-0.25, -0.2) is 0 Å². The lowest BCUT2D eigenvalue weighted by molar-refractivity contribution is 0.00382. The van der Waals surface area contributed by atoms with Crippen LogP contribution in [-0.4, -0.2) is 22.4 Å². The summed E-state index contributed by atoms with van der Waals surface area (Å²) in [7, 11) is 1.52. The summed E-state index contributed by atoms with van der Waals surface area (Å²) in [6, 6.07) is 0. The minimum absolute atomic E-state index is 0.0337. The molecule has 14 heavy (non-hydrogen) atoms. The molecule has 0 saturated heterocycles. The van der Waals surface area contributed by atoms with Crippen LogP contribution in [0.2, 0.25) is 0 Å². The standard InChI is InChI=1S/C8H15N3O3/c1-3-4-8(9,12)7-11-10-6(14-7)5-13-2/h12H,3-5,9H2,1-2H3/t8-/m0/s1. The van der Waals surface area contributed by atoms with E-state index in [2.05, 4.69) is 10.2 Å². The molecule has 0 aliphatic rings. The molecule has 0 fully saturated rings. The van der Waals surface area contributed by atoms with Crippen LogP contribution >= 0.6 is 0 Å². The van der Waals surface area contributed by atoms with Gasteiger partial charge in [-0.3, -0.25) is 5.73 Å². The van der Waals surface area contributed by atoms with Gasteiger partial charge in [-0.2, -0.15) is 0 Å². The van der Waals surface area contributed by atoms with E-state index in [4.69, 9.17) is 14.9 Å². The molecule has 0 aliphatic carbocycles. The summed E-state index contributed by atoms with van der Waals surface area (Å²) in [5.74, 6) is 0.342. The van der Waals surface area contributed by atoms with Gasteiger partial charge in [-0.05, 0) is 6.42 Å². The smallest absolute Gasteiger partial charge is 0.263 e.